The number of aromatic nitrogens is 2. The fourth-order valence-corrected chi connectivity index (χ4v) is 6.57. The van der Waals surface area contributed by atoms with E-state index in [4.69, 9.17) is 0 Å². The van der Waals surface area contributed by atoms with Crippen LogP contribution in [0.3, 0.4) is 0 Å². The van der Waals surface area contributed by atoms with E-state index in [0.717, 1.165) is 22.8 Å². The second-order valence-electron chi connectivity index (χ2n) is 9.91. The summed E-state index contributed by atoms with van der Waals surface area (Å²) in [4.78, 5) is 24.0. The molecule has 5 rings (SSSR count). The van der Waals surface area contributed by atoms with Crippen LogP contribution in [-0.4, -0.2) is 28.6 Å². The molecule has 0 radical (unpaired) electrons. The Bertz CT molecular complexity index is 701. The summed E-state index contributed by atoms with van der Waals surface area (Å²) in [5.41, 5.74) is -0.224. The molecule has 7 heteroatoms. The average Bonchev–Trinajstić information content (AvgIpc) is 3.02. The fourth-order valence-electron chi connectivity index (χ4n) is 5.60. The van der Waals surface area contributed by atoms with Crippen molar-refractivity contribution in [3.05, 3.63) is 5.01 Å². The highest BCUT2D eigenvalue weighted by Crippen LogP contribution is 2.61. The number of hydrogen-bond donors (Lipinski definition) is 2. The number of amides is 2. The normalized spacial score (nSPS) is 31.7. The van der Waals surface area contributed by atoms with Crippen molar-refractivity contribution < 1.29 is 9.59 Å². The van der Waals surface area contributed by atoms with Gasteiger partial charge in [0.05, 0.1) is 0 Å². The third kappa shape index (κ3) is 3.89. The summed E-state index contributed by atoms with van der Waals surface area (Å²) in [6.07, 6.45) is 8.21. The predicted octanol–water partition coefficient (Wildman–Crippen LogP) is 3.50. The lowest BCUT2D eigenvalue weighted by atomic mass is 9.50. The predicted molar refractivity (Wildman–Crippen MR) is 105 cm³/mol. The van der Waals surface area contributed by atoms with Gasteiger partial charge >= 0.3 is 0 Å². The number of carbonyl (C=O) groups is 2. The second kappa shape index (κ2) is 6.83. The molecule has 4 aliphatic carbocycles. The number of hydrogen-bond acceptors (Lipinski definition) is 5. The summed E-state index contributed by atoms with van der Waals surface area (Å²) in [7, 11) is 0. The lowest BCUT2D eigenvalue weighted by Gasteiger charge is -2.55. The fraction of sp³-hybridized carbons (Fsp3) is 0.800. The molecule has 148 valence electrons. The van der Waals surface area contributed by atoms with E-state index in [1.807, 2.05) is 20.8 Å². The molecular weight excluding hydrogens is 360 g/mol. The SMILES string of the molecule is CC(C)(C)C(=O)NCCC(=O)Nc1nnc(C23CC4CC(CC(C4)C2)C3)s1. The van der Waals surface area contributed by atoms with E-state index in [-0.39, 0.29) is 23.7 Å². The molecule has 0 spiro atoms. The van der Waals surface area contributed by atoms with Gasteiger partial charge in [-0.2, -0.15) is 0 Å². The molecule has 1 aromatic heterocycles. The largest absolute Gasteiger partial charge is 0.355 e. The van der Waals surface area contributed by atoms with Crippen LogP contribution >= 0.6 is 11.3 Å². The van der Waals surface area contributed by atoms with E-state index in [1.165, 1.54) is 38.5 Å². The van der Waals surface area contributed by atoms with E-state index in [0.29, 0.717) is 11.7 Å². The Labute approximate surface area is 164 Å². The highest BCUT2D eigenvalue weighted by atomic mass is 32.1. The highest BCUT2D eigenvalue weighted by Gasteiger charge is 2.53. The third-order valence-corrected chi connectivity index (χ3v) is 7.57. The van der Waals surface area contributed by atoms with E-state index in [9.17, 15) is 9.59 Å². The van der Waals surface area contributed by atoms with Crippen molar-refractivity contribution in [1.29, 1.82) is 0 Å². The lowest BCUT2D eigenvalue weighted by Crippen LogP contribution is -2.48. The molecule has 27 heavy (non-hydrogen) atoms. The third-order valence-electron chi connectivity index (χ3n) is 6.48. The van der Waals surface area contributed by atoms with Crippen LogP contribution < -0.4 is 10.6 Å². The van der Waals surface area contributed by atoms with Crippen molar-refractivity contribution >= 4 is 28.3 Å². The second-order valence-corrected chi connectivity index (χ2v) is 10.9. The molecule has 0 aromatic carbocycles. The van der Waals surface area contributed by atoms with Crippen LogP contribution in [0, 0.1) is 23.2 Å². The van der Waals surface area contributed by atoms with Gasteiger partial charge in [-0.05, 0) is 56.3 Å². The first kappa shape index (κ1) is 18.8. The maximum atomic E-state index is 12.2. The van der Waals surface area contributed by atoms with Gasteiger partial charge in [0.2, 0.25) is 16.9 Å². The van der Waals surface area contributed by atoms with Crippen LogP contribution in [0.2, 0.25) is 0 Å². The van der Waals surface area contributed by atoms with Crippen molar-refractivity contribution in [3.8, 4) is 0 Å². The Morgan fingerprint density at radius 1 is 1.07 bits per heavy atom. The van der Waals surface area contributed by atoms with Crippen LogP contribution in [-0.2, 0) is 15.0 Å². The summed E-state index contributed by atoms with van der Waals surface area (Å²) in [6.45, 7) is 5.91. The van der Waals surface area contributed by atoms with E-state index >= 15 is 0 Å². The Balaban J connectivity index is 1.32. The molecule has 2 N–H and O–H groups in total. The van der Waals surface area contributed by atoms with Crippen molar-refractivity contribution in [3.63, 3.8) is 0 Å². The molecular formula is C20H30N4O2S. The average molecular weight is 391 g/mol. The molecule has 1 heterocycles. The van der Waals surface area contributed by atoms with Gasteiger partial charge in [0, 0.05) is 23.8 Å². The van der Waals surface area contributed by atoms with Crippen molar-refractivity contribution in [1.82, 2.24) is 15.5 Å². The standard InChI is InChI=1S/C20H30N4O2S/c1-19(2,3)16(26)21-5-4-15(25)22-18-24-23-17(27-18)20-9-12-6-13(10-20)8-14(7-12)11-20/h12-14H,4-11H2,1-3H3,(H,21,26)(H,22,24,25). The molecule has 0 saturated heterocycles. The maximum absolute atomic E-state index is 12.2. The number of rotatable bonds is 5. The van der Waals surface area contributed by atoms with Gasteiger partial charge in [0.15, 0.2) is 0 Å². The minimum absolute atomic E-state index is 0.0460. The van der Waals surface area contributed by atoms with Crippen molar-refractivity contribution in [2.24, 2.45) is 23.2 Å². The van der Waals surface area contributed by atoms with Gasteiger partial charge < -0.3 is 10.6 Å². The van der Waals surface area contributed by atoms with E-state index < -0.39 is 5.41 Å². The topological polar surface area (TPSA) is 84.0 Å². The first-order valence-corrected chi connectivity index (χ1v) is 11.0. The monoisotopic (exact) mass is 390 g/mol. The molecule has 4 fully saturated rings. The number of nitrogens with one attached hydrogen (secondary N) is 2. The lowest BCUT2D eigenvalue weighted by molar-refractivity contribution is -0.128. The van der Waals surface area contributed by atoms with E-state index in [1.54, 1.807) is 11.3 Å². The quantitative estimate of drug-likeness (QED) is 0.806. The van der Waals surface area contributed by atoms with Gasteiger partial charge in [0.25, 0.3) is 0 Å². The van der Waals surface area contributed by atoms with Gasteiger partial charge in [-0.25, -0.2) is 0 Å². The van der Waals surface area contributed by atoms with E-state index in [2.05, 4.69) is 20.8 Å². The summed E-state index contributed by atoms with van der Waals surface area (Å²) >= 11 is 1.55. The number of carbonyl (C=O) groups excluding carboxylic acids is 2. The summed E-state index contributed by atoms with van der Waals surface area (Å²) in [5.74, 6) is 2.42. The van der Waals surface area contributed by atoms with Crippen molar-refractivity contribution in [2.75, 3.05) is 11.9 Å². The van der Waals surface area contributed by atoms with Crippen LogP contribution in [0.1, 0.15) is 70.7 Å². The first-order chi connectivity index (χ1) is 12.7. The zero-order valence-electron chi connectivity index (χ0n) is 16.5. The molecule has 0 aliphatic heterocycles. The van der Waals surface area contributed by atoms with Gasteiger partial charge in [-0.3, -0.25) is 9.59 Å². The first-order valence-electron chi connectivity index (χ1n) is 10.2. The van der Waals surface area contributed by atoms with Crippen LogP contribution in [0.5, 0.6) is 0 Å². The minimum Gasteiger partial charge on any atom is -0.355 e. The maximum Gasteiger partial charge on any atom is 0.227 e. The molecule has 0 atom stereocenters. The Morgan fingerprint density at radius 2 is 1.67 bits per heavy atom. The number of nitrogens with zero attached hydrogens (tertiary/aromatic N) is 2. The molecule has 1 aromatic rings. The van der Waals surface area contributed by atoms with Crippen LogP contribution in [0.15, 0.2) is 0 Å². The zero-order valence-corrected chi connectivity index (χ0v) is 17.3. The van der Waals surface area contributed by atoms with Gasteiger partial charge in [0.1, 0.15) is 5.01 Å². The molecule has 0 unspecified atom stereocenters. The van der Waals surface area contributed by atoms with Gasteiger partial charge in [-0.15, -0.1) is 10.2 Å². The molecule has 4 aliphatic rings. The summed E-state index contributed by atoms with van der Waals surface area (Å²) < 4.78 is 0. The molecule has 4 bridgehead atoms. The highest BCUT2D eigenvalue weighted by molar-refractivity contribution is 7.15. The van der Waals surface area contributed by atoms with Crippen LogP contribution in [0.25, 0.3) is 0 Å². The van der Waals surface area contributed by atoms with Gasteiger partial charge in [-0.1, -0.05) is 32.1 Å². The minimum atomic E-state index is -0.442. The molecule has 4 saturated carbocycles. The Kier molecular flexibility index (Phi) is 4.77. The summed E-state index contributed by atoms with van der Waals surface area (Å²) in [6, 6.07) is 0. The molecule has 6 nitrogen and oxygen atoms in total. The Morgan fingerprint density at radius 3 is 2.22 bits per heavy atom. The zero-order chi connectivity index (χ0) is 19.2. The summed E-state index contributed by atoms with van der Waals surface area (Å²) in [5, 5.41) is 16.1. The smallest absolute Gasteiger partial charge is 0.227 e. The Hall–Kier alpha value is -1.50. The van der Waals surface area contributed by atoms with Crippen LogP contribution in [0.4, 0.5) is 5.13 Å². The molecule has 2 amide bonds. The van der Waals surface area contributed by atoms with Crippen molar-refractivity contribution in [2.45, 2.75) is 71.1 Å². The number of anilines is 1.